The van der Waals surface area contributed by atoms with Gasteiger partial charge in [0, 0.05) is 18.5 Å². The number of aliphatic carboxylic acids is 1. The van der Waals surface area contributed by atoms with Gasteiger partial charge in [-0.05, 0) is 97.3 Å². The molecule has 1 aliphatic carbocycles. The van der Waals surface area contributed by atoms with Crippen LogP contribution in [0.2, 0.25) is 0 Å². The number of carbonyl (C=O) groups excluding carboxylic acids is 2. The number of para-hydroxylation sites is 2. The van der Waals surface area contributed by atoms with E-state index in [-0.39, 0.29) is 13.3 Å². The third-order valence-corrected chi connectivity index (χ3v) is 10.2. The van der Waals surface area contributed by atoms with Gasteiger partial charge in [-0.3, -0.25) is 9.59 Å². The number of oxazole rings is 1. The SMILES string of the molecule is C[C@H]([C@H](C/C=C/c1nc2ccccc2o1)c1ccc2c(c1)OCO2)N(Cc1ccc2ccccc2c1)C(=O)C(O)=C(CC(=O)O)C(=O)OC1CCCCC1. The maximum Gasteiger partial charge on any atom is 0.338 e. The predicted molar refractivity (Wildman–Crippen MR) is 202 cm³/mol. The Morgan fingerprint density at radius 2 is 1.67 bits per heavy atom. The number of allylic oxidation sites excluding steroid dienone is 1. The largest absolute Gasteiger partial charge is 0.503 e. The fraction of sp³-hybridized carbons (Fsp3) is 0.302. The van der Waals surface area contributed by atoms with E-state index in [1.54, 1.807) is 6.08 Å². The van der Waals surface area contributed by atoms with Gasteiger partial charge in [0.2, 0.25) is 12.7 Å². The number of hydrogen-bond donors (Lipinski definition) is 2. The molecular formula is C43H42N2O9. The van der Waals surface area contributed by atoms with E-state index >= 15 is 0 Å². The lowest BCUT2D eigenvalue weighted by atomic mass is 9.87. The Bertz CT molecular complexity index is 2200. The summed E-state index contributed by atoms with van der Waals surface area (Å²) in [6.07, 6.45) is 6.87. The minimum absolute atomic E-state index is 0.0445. The van der Waals surface area contributed by atoms with Crippen molar-refractivity contribution in [2.75, 3.05) is 6.79 Å². The van der Waals surface area contributed by atoms with Crippen molar-refractivity contribution in [3.8, 4) is 11.5 Å². The van der Waals surface area contributed by atoms with Crippen molar-refractivity contribution in [3.63, 3.8) is 0 Å². The summed E-state index contributed by atoms with van der Waals surface area (Å²) in [5.41, 5.74) is 2.41. The smallest absolute Gasteiger partial charge is 0.338 e. The Kier molecular flexibility index (Phi) is 10.9. The average Bonchev–Trinajstić information content (AvgIpc) is 3.84. The van der Waals surface area contributed by atoms with E-state index in [0.29, 0.717) is 42.2 Å². The van der Waals surface area contributed by atoms with Crippen LogP contribution in [0.5, 0.6) is 11.5 Å². The molecule has 2 heterocycles. The summed E-state index contributed by atoms with van der Waals surface area (Å²) in [6.45, 7) is 2.00. The summed E-state index contributed by atoms with van der Waals surface area (Å²) in [5, 5.41) is 23.4. The van der Waals surface area contributed by atoms with Crippen molar-refractivity contribution in [2.45, 2.75) is 76.5 Å². The van der Waals surface area contributed by atoms with Crippen LogP contribution in [0.4, 0.5) is 0 Å². The van der Waals surface area contributed by atoms with Gasteiger partial charge in [0.25, 0.3) is 5.91 Å². The summed E-state index contributed by atoms with van der Waals surface area (Å²) in [6, 6.07) is 26.2. The Labute approximate surface area is 312 Å². The Balaban J connectivity index is 1.27. The van der Waals surface area contributed by atoms with Gasteiger partial charge in [0.1, 0.15) is 11.6 Å². The minimum Gasteiger partial charge on any atom is -0.503 e. The number of rotatable bonds is 13. The second kappa shape index (κ2) is 16.3. The number of carbonyl (C=O) groups is 3. The first kappa shape index (κ1) is 36.3. The number of esters is 1. The molecule has 278 valence electrons. The van der Waals surface area contributed by atoms with Crippen LogP contribution in [0.3, 0.4) is 0 Å². The zero-order valence-corrected chi connectivity index (χ0v) is 30.0. The van der Waals surface area contributed by atoms with E-state index in [1.807, 2.05) is 97.9 Å². The summed E-state index contributed by atoms with van der Waals surface area (Å²) in [4.78, 5) is 46.1. The van der Waals surface area contributed by atoms with Gasteiger partial charge in [-0.25, -0.2) is 9.78 Å². The number of aliphatic hydroxyl groups is 1. The van der Waals surface area contributed by atoms with Crippen LogP contribution < -0.4 is 9.47 Å². The van der Waals surface area contributed by atoms with Gasteiger partial charge in [-0.2, -0.15) is 0 Å². The number of aliphatic hydroxyl groups excluding tert-OH is 1. The highest BCUT2D eigenvalue weighted by molar-refractivity contribution is 6.03. The molecular weight excluding hydrogens is 688 g/mol. The molecule has 1 aliphatic heterocycles. The molecule has 54 heavy (non-hydrogen) atoms. The van der Waals surface area contributed by atoms with E-state index in [0.717, 1.165) is 46.7 Å². The predicted octanol–water partition coefficient (Wildman–Crippen LogP) is 8.48. The molecule has 2 atom stereocenters. The summed E-state index contributed by atoms with van der Waals surface area (Å²) in [5.74, 6) is -3.01. The second-order valence-corrected chi connectivity index (χ2v) is 13.8. The molecule has 1 fully saturated rings. The van der Waals surface area contributed by atoms with Gasteiger partial charge in [0.05, 0.1) is 12.0 Å². The zero-order valence-electron chi connectivity index (χ0n) is 30.0. The van der Waals surface area contributed by atoms with Crippen molar-refractivity contribution < 1.29 is 43.2 Å². The molecule has 4 aromatic carbocycles. The number of fused-ring (bicyclic) bond motifs is 3. The molecule has 11 nitrogen and oxygen atoms in total. The van der Waals surface area contributed by atoms with Crippen LogP contribution >= 0.6 is 0 Å². The van der Waals surface area contributed by atoms with Crippen molar-refractivity contribution in [2.24, 2.45) is 0 Å². The van der Waals surface area contributed by atoms with Gasteiger partial charge in [0.15, 0.2) is 22.8 Å². The fourth-order valence-corrected chi connectivity index (χ4v) is 7.26. The third-order valence-electron chi connectivity index (χ3n) is 10.2. The molecule has 0 saturated heterocycles. The Morgan fingerprint density at radius 1 is 0.907 bits per heavy atom. The number of hydrogen-bond acceptors (Lipinski definition) is 9. The van der Waals surface area contributed by atoms with Crippen LogP contribution in [0, 0.1) is 0 Å². The van der Waals surface area contributed by atoms with Gasteiger partial charge >= 0.3 is 11.9 Å². The first-order valence-electron chi connectivity index (χ1n) is 18.3. The van der Waals surface area contributed by atoms with E-state index < -0.39 is 53.7 Å². The standard InChI is InChI=1S/C43H42N2O9/c1-27(33(31-20-21-37-38(23-31)52-26-51-37)14-9-17-39-44-35-15-7-8-16-36(35)54-39)45(25-28-18-19-29-10-5-6-11-30(29)22-28)42(49)41(48)34(24-40(46)47)43(50)53-32-12-3-2-4-13-32/h5-11,15-23,27,32-33,48H,2-4,12-14,24-26H2,1H3,(H,46,47)/b17-9+,41-34?/t27-,33+/m1/s1. The number of ether oxygens (including phenoxy) is 3. The fourth-order valence-electron chi connectivity index (χ4n) is 7.26. The monoisotopic (exact) mass is 730 g/mol. The summed E-state index contributed by atoms with van der Waals surface area (Å²) >= 11 is 0. The molecule has 5 aromatic rings. The lowest BCUT2D eigenvalue weighted by molar-refractivity contribution is -0.149. The van der Waals surface area contributed by atoms with E-state index in [4.69, 9.17) is 18.6 Å². The lowest BCUT2D eigenvalue weighted by Crippen LogP contribution is -2.43. The molecule has 11 heteroatoms. The molecule has 0 spiro atoms. The first-order chi connectivity index (χ1) is 26.2. The maximum atomic E-state index is 14.6. The van der Waals surface area contributed by atoms with Crippen LogP contribution in [-0.4, -0.2) is 56.9 Å². The van der Waals surface area contributed by atoms with Gasteiger partial charge in [-0.1, -0.05) is 67.1 Å². The van der Waals surface area contributed by atoms with Crippen LogP contribution in [-0.2, 0) is 25.7 Å². The van der Waals surface area contributed by atoms with Crippen LogP contribution in [0.15, 0.2) is 107 Å². The molecule has 1 aromatic heterocycles. The van der Waals surface area contributed by atoms with Crippen molar-refractivity contribution >= 4 is 45.8 Å². The highest BCUT2D eigenvalue weighted by Crippen LogP contribution is 2.38. The molecule has 0 radical (unpaired) electrons. The molecule has 1 amide bonds. The maximum absolute atomic E-state index is 14.6. The number of benzene rings is 4. The first-order valence-corrected chi connectivity index (χ1v) is 18.3. The summed E-state index contributed by atoms with van der Waals surface area (Å²) < 4.78 is 22.9. The molecule has 0 bridgehead atoms. The number of carboxylic acid groups (broad SMARTS) is 1. The van der Waals surface area contributed by atoms with Gasteiger partial charge < -0.3 is 33.7 Å². The Morgan fingerprint density at radius 3 is 2.46 bits per heavy atom. The van der Waals surface area contributed by atoms with Crippen LogP contribution in [0.25, 0.3) is 27.9 Å². The van der Waals surface area contributed by atoms with E-state index in [1.165, 1.54) is 4.90 Å². The molecule has 0 unspecified atom stereocenters. The molecule has 7 rings (SSSR count). The molecule has 2 aliphatic rings. The second-order valence-electron chi connectivity index (χ2n) is 13.8. The molecule has 2 N–H and O–H groups in total. The minimum atomic E-state index is -1.37. The third kappa shape index (κ3) is 8.25. The highest BCUT2D eigenvalue weighted by Gasteiger charge is 2.35. The van der Waals surface area contributed by atoms with Crippen molar-refractivity contribution in [3.05, 3.63) is 119 Å². The van der Waals surface area contributed by atoms with E-state index in [9.17, 15) is 24.6 Å². The van der Waals surface area contributed by atoms with Gasteiger partial charge in [-0.15, -0.1) is 0 Å². The summed E-state index contributed by atoms with van der Waals surface area (Å²) in [7, 11) is 0. The number of amides is 1. The number of nitrogens with zero attached hydrogens (tertiary/aromatic N) is 2. The lowest BCUT2D eigenvalue weighted by Gasteiger charge is -2.35. The quantitative estimate of drug-likeness (QED) is 0.0686. The van der Waals surface area contributed by atoms with E-state index in [2.05, 4.69) is 4.98 Å². The van der Waals surface area contributed by atoms with Crippen molar-refractivity contribution in [1.82, 2.24) is 9.88 Å². The number of carboxylic acids is 1. The zero-order chi connectivity index (χ0) is 37.6. The topological polar surface area (TPSA) is 149 Å². The Hall–Kier alpha value is -6.10. The highest BCUT2D eigenvalue weighted by atomic mass is 16.7. The normalized spacial score (nSPS) is 15.9. The van der Waals surface area contributed by atoms with Crippen molar-refractivity contribution in [1.29, 1.82) is 0 Å². The average molecular weight is 731 g/mol. The molecule has 1 saturated carbocycles. The number of aromatic nitrogens is 1. The van der Waals surface area contributed by atoms with Crippen LogP contribution in [0.1, 0.15) is 74.8 Å².